The van der Waals surface area contributed by atoms with Gasteiger partial charge in [-0.05, 0) is 40.2 Å². The molecule has 0 atom stereocenters. The molecule has 1 N–H and O–H groups in total. The molecule has 2 rings (SSSR count). The fourth-order valence-electron chi connectivity index (χ4n) is 1.73. The van der Waals surface area contributed by atoms with Crippen molar-refractivity contribution in [3.63, 3.8) is 0 Å². The van der Waals surface area contributed by atoms with E-state index in [2.05, 4.69) is 15.9 Å². The molecule has 0 aliphatic carbocycles. The fourth-order valence-corrected chi connectivity index (χ4v) is 3.27. The lowest BCUT2D eigenvalue weighted by Gasteiger charge is -2.14. The molecular weight excluding hydrogens is 405 g/mol. The largest absolute Gasteiger partial charge is 0.456 e. The second-order valence-corrected chi connectivity index (χ2v) is 6.36. The molecule has 0 unspecified atom stereocenters. The Balaban J connectivity index is 2.35. The summed E-state index contributed by atoms with van der Waals surface area (Å²) in [5.41, 5.74) is 0.269. The Labute approximate surface area is 142 Å². The molecule has 0 saturated heterocycles. The highest BCUT2D eigenvalue weighted by molar-refractivity contribution is 9.10. The Morgan fingerprint density at radius 2 is 2.00 bits per heavy atom. The number of ether oxygens (including phenoxy) is 1. The second-order valence-electron chi connectivity index (χ2n) is 4.10. The van der Waals surface area contributed by atoms with Gasteiger partial charge in [0.2, 0.25) is 0 Å². The summed E-state index contributed by atoms with van der Waals surface area (Å²) in [6.07, 6.45) is 0. The Kier molecular flexibility index (Phi) is 6.02. The maximum absolute atomic E-state index is 13.3. The third-order valence-corrected chi connectivity index (χ3v) is 4.51. The molecule has 0 fully saturated rings. The van der Waals surface area contributed by atoms with E-state index in [0.29, 0.717) is 16.2 Å². The summed E-state index contributed by atoms with van der Waals surface area (Å²) >= 11 is 9.27. The van der Waals surface area contributed by atoms with Crippen LogP contribution >= 0.6 is 39.3 Å². The van der Waals surface area contributed by atoms with Gasteiger partial charge in [0.1, 0.15) is 17.3 Å². The topological polar surface area (TPSA) is 29.5 Å². The predicted molar refractivity (Wildman–Crippen MR) is 83.4 cm³/mol. The minimum atomic E-state index is -2.61. The average Bonchev–Trinajstić information content (AvgIpc) is 2.40. The second kappa shape index (κ2) is 7.59. The molecule has 0 radical (unpaired) electrons. The molecule has 0 heterocycles. The van der Waals surface area contributed by atoms with Gasteiger partial charge in [0, 0.05) is 21.5 Å². The highest BCUT2D eigenvalue weighted by Gasteiger charge is 2.16. The Morgan fingerprint density at radius 1 is 1.27 bits per heavy atom. The van der Waals surface area contributed by atoms with E-state index in [0.717, 1.165) is 12.1 Å². The van der Waals surface area contributed by atoms with Crippen LogP contribution in [0.4, 0.5) is 13.2 Å². The molecule has 2 aromatic rings. The third-order valence-electron chi connectivity index (χ3n) is 2.60. The molecule has 0 amide bonds. The summed E-state index contributed by atoms with van der Waals surface area (Å²) in [7, 11) is 0. The molecule has 22 heavy (non-hydrogen) atoms. The first-order valence-electron chi connectivity index (χ1n) is 5.91. The number of aliphatic hydroxyl groups excluding tert-OH is 1. The maximum Gasteiger partial charge on any atom is 0.288 e. The minimum absolute atomic E-state index is 0.156. The van der Waals surface area contributed by atoms with Crippen molar-refractivity contribution in [1.82, 2.24) is 0 Å². The average molecular weight is 414 g/mol. The van der Waals surface area contributed by atoms with Gasteiger partial charge in [-0.3, -0.25) is 0 Å². The van der Waals surface area contributed by atoms with Crippen LogP contribution in [0, 0.1) is 5.82 Å². The molecule has 0 aromatic heterocycles. The van der Waals surface area contributed by atoms with Crippen molar-refractivity contribution in [1.29, 1.82) is 0 Å². The van der Waals surface area contributed by atoms with E-state index in [-0.39, 0.29) is 27.0 Å². The number of rotatable bonds is 5. The van der Waals surface area contributed by atoms with Gasteiger partial charge in [-0.15, -0.1) is 0 Å². The smallest absolute Gasteiger partial charge is 0.288 e. The van der Waals surface area contributed by atoms with Crippen molar-refractivity contribution < 1.29 is 23.0 Å². The van der Waals surface area contributed by atoms with Crippen LogP contribution in [0.2, 0.25) is 5.02 Å². The Morgan fingerprint density at radius 3 is 2.59 bits per heavy atom. The third kappa shape index (κ3) is 4.32. The van der Waals surface area contributed by atoms with Crippen LogP contribution in [0.1, 0.15) is 5.56 Å². The first-order valence-corrected chi connectivity index (χ1v) is 7.96. The van der Waals surface area contributed by atoms with Crippen molar-refractivity contribution >= 4 is 39.3 Å². The minimum Gasteiger partial charge on any atom is -0.456 e. The van der Waals surface area contributed by atoms with Gasteiger partial charge in [-0.1, -0.05) is 23.4 Å². The molecule has 0 saturated carbocycles. The highest BCUT2D eigenvalue weighted by atomic mass is 79.9. The lowest BCUT2D eigenvalue weighted by molar-refractivity contribution is 0.251. The summed E-state index contributed by atoms with van der Waals surface area (Å²) in [4.78, 5) is 0.231. The lowest BCUT2D eigenvalue weighted by atomic mass is 10.2. The monoisotopic (exact) mass is 412 g/mol. The summed E-state index contributed by atoms with van der Waals surface area (Å²) < 4.78 is 44.1. The standard InChI is InChI=1S/C14H9BrClF3O2S/c15-13-10(6-20)12(22-14(18)19)2-1-11(13)21-9-4-7(16)3-8(17)5-9/h1-5,14,20H,6H2. The van der Waals surface area contributed by atoms with E-state index in [1.54, 1.807) is 0 Å². The number of alkyl halides is 2. The summed E-state index contributed by atoms with van der Waals surface area (Å²) in [5, 5.41) is 9.53. The molecular formula is C14H9BrClF3O2S. The van der Waals surface area contributed by atoms with Crippen molar-refractivity contribution in [3.05, 3.63) is 51.2 Å². The van der Waals surface area contributed by atoms with Crippen molar-refractivity contribution in [2.45, 2.75) is 17.3 Å². The van der Waals surface area contributed by atoms with E-state index in [4.69, 9.17) is 16.3 Å². The van der Waals surface area contributed by atoms with Gasteiger partial charge in [0.05, 0.1) is 11.1 Å². The molecule has 0 spiro atoms. The van der Waals surface area contributed by atoms with Crippen LogP contribution in [-0.2, 0) is 6.61 Å². The first kappa shape index (κ1) is 17.5. The number of thioether (sulfide) groups is 1. The number of aliphatic hydroxyl groups is 1. The predicted octanol–water partition coefficient (Wildman–Crippen LogP) is 5.84. The zero-order valence-corrected chi connectivity index (χ0v) is 14.0. The van der Waals surface area contributed by atoms with E-state index in [1.807, 2.05) is 0 Å². The first-order chi connectivity index (χ1) is 10.4. The van der Waals surface area contributed by atoms with E-state index in [1.165, 1.54) is 18.2 Å². The van der Waals surface area contributed by atoms with Gasteiger partial charge < -0.3 is 9.84 Å². The van der Waals surface area contributed by atoms with E-state index in [9.17, 15) is 18.3 Å². The molecule has 0 aliphatic rings. The molecule has 8 heteroatoms. The summed E-state index contributed by atoms with van der Waals surface area (Å²) in [5.74, 6) is -2.76. The van der Waals surface area contributed by atoms with Crippen LogP contribution in [0.3, 0.4) is 0 Å². The summed E-state index contributed by atoms with van der Waals surface area (Å²) in [6.45, 7) is -0.448. The quantitative estimate of drug-likeness (QED) is 0.624. The number of halogens is 5. The highest BCUT2D eigenvalue weighted by Crippen LogP contribution is 2.39. The van der Waals surface area contributed by atoms with Crippen LogP contribution in [0.5, 0.6) is 11.5 Å². The zero-order valence-electron chi connectivity index (χ0n) is 10.8. The van der Waals surface area contributed by atoms with Crippen molar-refractivity contribution in [2.75, 3.05) is 0 Å². The van der Waals surface area contributed by atoms with Crippen LogP contribution in [0.15, 0.2) is 39.7 Å². The van der Waals surface area contributed by atoms with Crippen molar-refractivity contribution in [2.24, 2.45) is 0 Å². The molecule has 2 aromatic carbocycles. The number of hydrogen-bond acceptors (Lipinski definition) is 3. The fraction of sp³-hybridized carbons (Fsp3) is 0.143. The summed E-state index contributed by atoms with van der Waals surface area (Å²) in [6, 6.07) is 6.54. The van der Waals surface area contributed by atoms with Gasteiger partial charge in [-0.2, -0.15) is 8.78 Å². The number of benzene rings is 2. The molecule has 2 nitrogen and oxygen atoms in total. The van der Waals surface area contributed by atoms with Crippen LogP contribution in [0.25, 0.3) is 0 Å². The number of hydrogen-bond donors (Lipinski definition) is 1. The Hall–Kier alpha value is -0.890. The van der Waals surface area contributed by atoms with Gasteiger partial charge in [0.25, 0.3) is 5.76 Å². The van der Waals surface area contributed by atoms with Crippen LogP contribution in [-0.4, -0.2) is 10.9 Å². The van der Waals surface area contributed by atoms with Gasteiger partial charge >= 0.3 is 0 Å². The maximum atomic E-state index is 13.3. The van der Waals surface area contributed by atoms with Gasteiger partial charge in [-0.25, -0.2) is 4.39 Å². The molecule has 0 bridgehead atoms. The SMILES string of the molecule is OCc1c(SC(F)F)ccc(Oc2cc(F)cc(Cl)c2)c1Br. The van der Waals surface area contributed by atoms with Gasteiger partial charge in [0.15, 0.2) is 0 Å². The zero-order chi connectivity index (χ0) is 16.3. The Bertz CT molecular complexity index is 665. The molecule has 118 valence electrons. The van der Waals surface area contributed by atoms with E-state index < -0.39 is 18.2 Å². The normalized spacial score (nSPS) is 11.0. The van der Waals surface area contributed by atoms with E-state index >= 15 is 0 Å². The van der Waals surface area contributed by atoms with Crippen molar-refractivity contribution in [3.8, 4) is 11.5 Å². The lowest BCUT2D eigenvalue weighted by Crippen LogP contribution is -1.95. The molecule has 0 aliphatic heterocycles. The van der Waals surface area contributed by atoms with Crippen LogP contribution < -0.4 is 4.74 Å².